The molecule has 6 heteroatoms. The summed E-state index contributed by atoms with van der Waals surface area (Å²) in [5.41, 5.74) is 14.5. The maximum Gasteiger partial charge on any atom is 0.0895 e. The second kappa shape index (κ2) is 21.4. The van der Waals surface area contributed by atoms with Gasteiger partial charge in [-0.1, -0.05) is 194 Å². The van der Waals surface area contributed by atoms with Crippen LogP contribution in [0.15, 0.2) is 243 Å². The van der Waals surface area contributed by atoms with Gasteiger partial charge in [-0.25, -0.2) is 9.97 Å². The first-order chi connectivity index (χ1) is 38.6. The molecule has 0 fully saturated rings. The molecule has 5 aromatic heterocycles. The van der Waals surface area contributed by atoms with Crippen molar-refractivity contribution in [1.82, 2.24) is 29.9 Å². The molecule has 13 aromatic rings. The molecule has 0 unspecified atom stereocenters. The Labute approximate surface area is 452 Å². The predicted molar refractivity (Wildman–Crippen MR) is 326 cm³/mol. The first kappa shape index (κ1) is 47.2. The molecule has 0 saturated carbocycles. The smallest absolute Gasteiger partial charge is 0.0895 e. The van der Waals surface area contributed by atoms with Gasteiger partial charge in [0.15, 0.2) is 0 Å². The molecule has 0 aliphatic heterocycles. The van der Waals surface area contributed by atoms with Crippen LogP contribution in [0.5, 0.6) is 0 Å². The van der Waals surface area contributed by atoms with Gasteiger partial charge in [0.1, 0.15) is 0 Å². The summed E-state index contributed by atoms with van der Waals surface area (Å²) in [4.78, 5) is 30.4. The van der Waals surface area contributed by atoms with E-state index >= 15 is 0 Å². The Morgan fingerprint density at radius 2 is 0.436 bits per heavy atom. The summed E-state index contributed by atoms with van der Waals surface area (Å²) < 4.78 is 0. The number of hydrogen-bond donors (Lipinski definition) is 0. The Morgan fingerprint density at radius 3 is 0.667 bits per heavy atom. The average Bonchev–Trinajstić information content (AvgIpc) is 3.52. The van der Waals surface area contributed by atoms with Gasteiger partial charge >= 0.3 is 0 Å². The van der Waals surface area contributed by atoms with Crippen molar-refractivity contribution in [2.45, 2.75) is 0 Å². The molecule has 366 valence electrons. The van der Waals surface area contributed by atoms with Crippen LogP contribution in [-0.2, 0) is 0 Å². The summed E-state index contributed by atoms with van der Waals surface area (Å²) in [5.74, 6) is 0. The summed E-state index contributed by atoms with van der Waals surface area (Å²) in [5, 5.41) is 9.52. The standard InChI is InChI=1S/C72H48N6/c1-5-21-61-49(13-1)17-9-25-65(61)53-29-33-57(73-45-53)37-41-69-70(42-38-58-34-30-54(46-74-58)66-26-10-18-50-14-2-6-22-62(50)66)78-72(44-40-60-36-32-56(48-76-60)68-28-12-20-52-16-4-8-24-64(52)68)71(77-69)43-39-59-35-31-55(47-75-59)67-27-11-19-51-15-3-7-23-63(51)67/h1-48H. The highest BCUT2D eigenvalue weighted by Crippen LogP contribution is 2.33. The Kier molecular flexibility index (Phi) is 12.9. The summed E-state index contributed by atoms with van der Waals surface area (Å²) in [6.07, 6.45) is 23.6. The van der Waals surface area contributed by atoms with Crippen molar-refractivity contribution in [2.75, 3.05) is 0 Å². The largest absolute Gasteiger partial charge is 0.256 e. The number of nitrogens with zero attached hydrogens (tertiary/aromatic N) is 6. The Hall–Kier alpha value is -10.6. The third-order valence-electron chi connectivity index (χ3n) is 14.2. The normalized spacial score (nSPS) is 11.9. The van der Waals surface area contributed by atoms with Gasteiger partial charge in [0.25, 0.3) is 0 Å². The molecule has 0 N–H and O–H groups in total. The van der Waals surface area contributed by atoms with Crippen molar-refractivity contribution in [3.05, 3.63) is 289 Å². The highest BCUT2D eigenvalue weighted by molar-refractivity contribution is 6.00. The monoisotopic (exact) mass is 996 g/mol. The van der Waals surface area contributed by atoms with Crippen molar-refractivity contribution in [3.8, 4) is 44.5 Å². The number of aromatic nitrogens is 6. The van der Waals surface area contributed by atoms with Crippen LogP contribution in [0.1, 0.15) is 45.6 Å². The van der Waals surface area contributed by atoms with Gasteiger partial charge in [0.2, 0.25) is 0 Å². The van der Waals surface area contributed by atoms with Crippen molar-refractivity contribution >= 4 is 91.7 Å². The minimum absolute atomic E-state index is 0.659. The van der Waals surface area contributed by atoms with Crippen LogP contribution in [0.2, 0.25) is 0 Å². The fourth-order valence-corrected chi connectivity index (χ4v) is 10.2. The van der Waals surface area contributed by atoms with Crippen LogP contribution in [-0.4, -0.2) is 29.9 Å². The van der Waals surface area contributed by atoms with Crippen LogP contribution < -0.4 is 0 Å². The SMILES string of the molecule is C(=Cc1nc(C=Cc2ccc(-c3cccc4ccccc34)cn2)c(C=Cc2ccc(-c3cccc4ccccc34)cn2)nc1C=Cc1ccc(-c2cccc3ccccc23)cn1)c1ccc(-c2cccc3ccccc23)cn1. The highest BCUT2D eigenvalue weighted by Gasteiger charge is 2.12. The Morgan fingerprint density at radius 1 is 0.205 bits per heavy atom. The zero-order valence-electron chi connectivity index (χ0n) is 42.4. The third-order valence-corrected chi connectivity index (χ3v) is 14.2. The minimum Gasteiger partial charge on any atom is -0.256 e. The van der Waals surface area contributed by atoms with Crippen LogP contribution in [0.4, 0.5) is 0 Å². The van der Waals surface area contributed by atoms with E-state index in [9.17, 15) is 0 Å². The van der Waals surface area contributed by atoms with Gasteiger partial charge in [0, 0.05) is 47.0 Å². The molecule has 0 bridgehead atoms. The maximum absolute atomic E-state index is 5.36. The summed E-state index contributed by atoms with van der Waals surface area (Å²) >= 11 is 0. The van der Waals surface area contributed by atoms with E-state index < -0.39 is 0 Å². The van der Waals surface area contributed by atoms with Crippen molar-refractivity contribution in [3.63, 3.8) is 0 Å². The molecule has 0 amide bonds. The third kappa shape index (κ3) is 9.93. The number of hydrogen-bond acceptors (Lipinski definition) is 6. The quantitative estimate of drug-likeness (QED) is 0.121. The minimum atomic E-state index is 0.659. The maximum atomic E-state index is 5.36. The lowest BCUT2D eigenvalue weighted by atomic mass is 9.99. The van der Waals surface area contributed by atoms with Crippen LogP contribution in [0.3, 0.4) is 0 Å². The molecule has 0 radical (unpaired) electrons. The lowest BCUT2D eigenvalue weighted by Gasteiger charge is -2.09. The van der Waals surface area contributed by atoms with Crippen LogP contribution in [0.25, 0.3) is 136 Å². The van der Waals surface area contributed by atoms with Crippen molar-refractivity contribution < 1.29 is 0 Å². The Bertz CT molecular complexity index is 3870. The van der Waals surface area contributed by atoms with Gasteiger partial charge in [-0.2, -0.15) is 0 Å². The molecule has 13 rings (SSSR count). The molecule has 5 heterocycles. The molecular formula is C72H48N6. The molecule has 0 saturated heterocycles. The zero-order chi connectivity index (χ0) is 52.0. The van der Waals surface area contributed by atoms with Gasteiger partial charge in [-0.15, -0.1) is 0 Å². The van der Waals surface area contributed by atoms with E-state index in [1.165, 1.54) is 43.1 Å². The zero-order valence-corrected chi connectivity index (χ0v) is 42.4. The number of fused-ring (bicyclic) bond motifs is 4. The predicted octanol–water partition coefficient (Wildman–Crippen LogP) is 18.0. The van der Waals surface area contributed by atoms with E-state index in [-0.39, 0.29) is 0 Å². The molecule has 0 aliphatic carbocycles. The van der Waals surface area contributed by atoms with Gasteiger partial charge in [-0.05, 0) is 138 Å². The van der Waals surface area contributed by atoms with Crippen molar-refractivity contribution in [1.29, 1.82) is 0 Å². The van der Waals surface area contributed by atoms with Crippen LogP contribution >= 0.6 is 0 Å². The average molecular weight is 997 g/mol. The number of rotatable bonds is 12. The van der Waals surface area contributed by atoms with Gasteiger partial charge in [0.05, 0.1) is 45.6 Å². The fraction of sp³-hybridized carbons (Fsp3) is 0. The molecule has 0 aliphatic rings. The topological polar surface area (TPSA) is 77.3 Å². The van der Waals surface area contributed by atoms with Crippen LogP contribution in [0, 0.1) is 0 Å². The van der Waals surface area contributed by atoms with E-state index in [1.54, 1.807) is 0 Å². The Balaban J connectivity index is 0.880. The molecule has 0 spiro atoms. The summed E-state index contributed by atoms with van der Waals surface area (Å²) in [6.45, 7) is 0. The lowest BCUT2D eigenvalue weighted by molar-refractivity contribution is 1.12. The van der Waals surface area contributed by atoms with E-state index in [0.717, 1.165) is 67.3 Å². The van der Waals surface area contributed by atoms with Gasteiger partial charge < -0.3 is 0 Å². The molecule has 6 nitrogen and oxygen atoms in total. The molecule has 8 aromatic carbocycles. The van der Waals surface area contributed by atoms with E-state index in [2.05, 4.69) is 194 Å². The first-order valence-electron chi connectivity index (χ1n) is 26.0. The van der Waals surface area contributed by atoms with E-state index in [0.29, 0.717) is 22.8 Å². The molecule has 0 atom stereocenters. The van der Waals surface area contributed by atoms with Crippen molar-refractivity contribution in [2.24, 2.45) is 0 Å². The second-order valence-electron chi connectivity index (χ2n) is 19.1. The van der Waals surface area contributed by atoms with E-state index in [4.69, 9.17) is 29.9 Å². The summed E-state index contributed by atoms with van der Waals surface area (Å²) in [6, 6.07) is 75.9. The number of benzene rings is 8. The fourth-order valence-electron chi connectivity index (χ4n) is 10.2. The van der Waals surface area contributed by atoms with Gasteiger partial charge in [-0.3, -0.25) is 19.9 Å². The molecule has 78 heavy (non-hydrogen) atoms. The second-order valence-corrected chi connectivity index (χ2v) is 19.1. The summed E-state index contributed by atoms with van der Waals surface area (Å²) in [7, 11) is 0. The molecular weight excluding hydrogens is 949 g/mol. The number of pyridine rings is 4. The van der Waals surface area contributed by atoms with E-state index in [1.807, 2.05) is 97.7 Å². The highest BCUT2D eigenvalue weighted by atomic mass is 14.8. The lowest BCUT2D eigenvalue weighted by Crippen LogP contribution is -2.00. The first-order valence-corrected chi connectivity index (χ1v) is 26.0.